The standard InChI is InChI=1S/C25H24ClN3O3/c1-28(16-17-32-22-15-9-8-14-21(22)26)18-29-23(30)25(27-24(29)31,19-10-4-2-5-11-19)20-12-6-3-7-13-20/h2-15H,16-18H2,1H3,(H,27,31). The van der Waals surface area contributed by atoms with Crippen LogP contribution in [0, 0.1) is 0 Å². The van der Waals surface area contributed by atoms with Crippen LogP contribution in [0.15, 0.2) is 84.9 Å². The molecule has 3 amide bonds. The Morgan fingerprint density at radius 1 is 0.906 bits per heavy atom. The van der Waals surface area contributed by atoms with Crippen LogP contribution in [0.3, 0.4) is 0 Å². The number of imide groups is 1. The molecule has 4 rings (SSSR count). The molecule has 1 saturated heterocycles. The number of likely N-dealkylation sites (N-methyl/N-ethyl adjacent to an activating group) is 1. The van der Waals surface area contributed by atoms with Gasteiger partial charge in [0.1, 0.15) is 12.4 Å². The summed E-state index contributed by atoms with van der Waals surface area (Å²) in [5.74, 6) is 0.295. The van der Waals surface area contributed by atoms with Crippen molar-refractivity contribution in [3.63, 3.8) is 0 Å². The van der Waals surface area contributed by atoms with Gasteiger partial charge in [0.15, 0.2) is 5.54 Å². The lowest BCUT2D eigenvalue weighted by Gasteiger charge is -2.28. The Morgan fingerprint density at radius 2 is 1.47 bits per heavy atom. The molecule has 3 aromatic carbocycles. The third-order valence-electron chi connectivity index (χ3n) is 5.47. The summed E-state index contributed by atoms with van der Waals surface area (Å²) in [5, 5.41) is 3.50. The highest BCUT2D eigenvalue weighted by Crippen LogP contribution is 2.36. The predicted octanol–water partition coefficient (Wildman–Crippen LogP) is 4.10. The zero-order chi connectivity index (χ0) is 22.6. The first kappa shape index (κ1) is 21.9. The number of para-hydroxylation sites is 1. The summed E-state index contributed by atoms with van der Waals surface area (Å²) < 4.78 is 5.73. The van der Waals surface area contributed by atoms with Gasteiger partial charge in [0, 0.05) is 6.54 Å². The largest absolute Gasteiger partial charge is 0.491 e. The van der Waals surface area contributed by atoms with E-state index in [2.05, 4.69) is 5.32 Å². The van der Waals surface area contributed by atoms with E-state index in [1.54, 1.807) is 12.1 Å². The van der Waals surface area contributed by atoms with E-state index in [-0.39, 0.29) is 12.6 Å². The zero-order valence-electron chi connectivity index (χ0n) is 17.7. The SMILES string of the molecule is CN(CCOc1ccccc1Cl)CN1C(=O)NC(c2ccccc2)(c2ccccc2)C1=O. The minimum absolute atomic E-state index is 0.137. The molecule has 0 spiro atoms. The Hall–Kier alpha value is -3.35. The Bertz CT molecular complexity index is 1050. The number of hydrogen-bond acceptors (Lipinski definition) is 4. The molecule has 1 fully saturated rings. The van der Waals surface area contributed by atoms with Crippen LogP contribution >= 0.6 is 11.6 Å². The van der Waals surface area contributed by atoms with E-state index in [4.69, 9.17) is 16.3 Å². The number of benzene rings is 3. The average molecular weight is 450 g/mol. The van der Waals surface area contributed by atoms with Gasteiger partial charge in [0.25, 0.3) is 5.91 Å². The molecule has 1 aliphatic heterocycles. The number of carbonyl (C=O) groups excluding carboxylic acids is 2. The number of nitrogens with one attached hydrogen (secondary N) is 1. The lowest BCUT2D eigenvalue weighted by molar-refractivity contribution is -0.131. The van der Waals surface area contributed by atoms with Crippen molar-refractivity contribution >= 4 is 23.5 Å². The van der Waals surface area contributed by atoms with E-state index in [9.17, 15) is 9.59 Å². The van der Waals surface area contributed by atoms with Crippen LogP contribution in [-0.2, 0) is 10.3 Å². The molecule has 1 aliphatic rings. The van der Waals surface area contributed by atoms with Gasteiger partial charge >= 0.3 is 6.03 Å². The van der Waals surface area contributed by atoms with Crippen LogP contribution in [0.4, 0.5) is 4.79 Å². The fourth-order valence-corrected chi connectivity index (χ4v) is 4.01. The molecule has 32 heavy (non-hydrogen) atoms. The summed E-state index contributed by atoms with van der Waals surface area (Å²) in [5.41, 5.74) is 0.183. The quantitative estimate of drug-likeness (QED) is 0.526. The first-order valence-electron chi connectivity index (χ1n) is 10.3. The Kier molecular flexibility index (Phi) is 6.44. The molecule has 6 nitrogen and oxygen atoms in total. The topological polar surface area (TPSA) is 61.9 Å². The van der Waals surface area contributed by atoms with Crippen LogP contribution in [-0.4, -0.2) is 48.6 Å². The van der Waals surface area contributed by atoms with Crippen molar-refractivity contribution < 1.29 is 14.3 Å². The lowest BCUT2D eigenvalue weighted by atomic mass is 9.83. The number of amides is 3. The number of hydrogen-bond donors (Lipinski definition) is 1. The summed E-state index contributed by atoms with van der Waals surface area (Å²) in [7, 11) is 1.83. The second-order valence-corrected chi connectivity index (χ2v) is 8.05. The van der Waals surface area contributed by atoms with Gasteiger partial charge < -0.3 is 10.1 Å². The van der Waals surface area contributed by atoms with Crippen LogP contribution in [0.5, 0.6) is 5.75 Å². The van der Waals surface area contributed by atoms with Crippen molar-refractivity contribution in [2.75, 3.05) is 26.9 Å². The molecule has 7 heteroatoms. The molecule has 0 bridgehead atoms. The molecule has 0 saturated carbocycles. The van der Waals surface area contributed by atoms with Crippen LogP contribution in [0.2, 0.25) is 5.02 Å². The van der Waals surface area contributed by atoms with E-state index < -0.39 is 11.6 Å². The van der Waals surface area contributed by atoms with Gasteiger partial charge in [0.2, 0.25) is 0 Å². The highest BCUT2D eigenvalue weighted by molar-refractivity contribution is 6.32. The second kappa shape index (κ2) is 9.42. The van der Waals surface area contributed by atoms with Crippen molar-refractivity contribution in [1.82, 2.24) is 15.1 Å². The van der Waals surface area contributed by atoms with Gasteiger partial charge in [-0.1, -0.05) is 84.4 Å². The van der Waals surface area contributed by atoms with Crippen LogP contribution < -0.4 is 10.1 Å². The van der Waals surface area contributed by atoms with Crippen molar-refractivity contribution in [2.45, 2.75) is 5.54 Å². The first-order valence-corrected chi connectivity index (χ1v) is 10.7. The second-order valence-electron chi connectivity index (χ2n) is 7.65. The van der Waals surface area contributed by atoms with Crippen LogP contribution in [0.25, 0.3) is 0 Å². The minimum Gasteiger partial charge on any atom is -0.491 e. The van der Waals surface area contributed by atoms with E-state index in [1.807, 2.05) is 84.7 Å². The number of urea groups is 1. The highest BCUT2D eigenvalue weighted by atomic mass is 35.5. The highest BCUT2D eigenvalue weighted by Gasteiger charge is 2.53. The molecular weight excluding hydrogens is 426 g/mol. The van der Waals surface area contributed by atoms with Crippen molar-refractivity contribution in [3.05, 3.63) is 101 Å². The molecule has 164 valence electrons. The maximum atomic E-state index is 13.7. The molecule has 0 radical (unpaired) electrons. The number of rotatable bonds is 8. The molecular formula is C25H24ClN3O3. The molecule has 0 aromatic heterocycles. The molecule has 0 unspecified atom stereocenters. The van der Waals surface area contributed by atoms with Crippen molar-refractivity contribution in [2.24, 2.45) is 0 Å². The summed E-state index contributed by atoms with van der Waals surface area (Å²) in [6.07, 6.45) is 0. The van der Waals surface area contributed by atoms with Crippen molar-refractivity contribution in [3.8, 4) is 5.75 Å². The summed E-state index contributed by atoms with van der Waals surface area (Å²) in [6.45, 7) is 1.01. The van der Waals surface area contributed by atoms with Gasteiger partial charge in [-0.3, -0.25) is 9.69 Å². The van der Waals surface area contributed by atoms with Crippen molar-refractivity contribution in [1.29, 1.82) is 0 Å². The number of carbonyl (C=O) groups is 2. The van der Waals surface area contributed by atoms with E-state index in [0.717, 1.165) is 11.1 Å². The predicted molar refractivity (Wildman–Crippen MR) is 123 cm³/mol. The summed E-state index contributed by atoms with van der Waals surface area (Å²) >= 11 is 6.12. The van der Waals surface area contributed by atoms with E-state index >= 15 is 0 Å². The third kappa shape index (κ3) is 4.20. The molecule has 3 aromatic rings. The fraction of sp³-hybridized carbons (Fsp3) is 0.200. The van der Waals surface area contributed by atoms with Crippen LogP contribution in [0.1, 0.15) is 11.1 Å². The maximum absolute atomic E-state index is 13.7. The Morgan fingerprint density at radius 3 is 2.06 bits per heavy atom. The fourth-order valence-electron chi connectivity index (χ4n) is 3.82. The van der Waals surface area contributed by atoms with Gasteiger partial charge in [-0.25, -0.2) is 9.69 Å². The smallest absolute Gasteiger partial charge is 0.326 e. The maximum Gasteiger partial charge on any atom is 0.326 e. The number of nitrogens with zero attached hydrogens (tertiary/aromatic N) is 2. The summed E-state index contributed by atoms with van der Waals surface area (Å²) in [4.78, 5) is 29.7. The summed E-state index contributed by atoms with van der Waals surface area (Å²) in [6, 6.07) is 25.5. The Labute approximate surface area is 192 Å². The first-order chi connectivity index (χ1) is 15.5. The average Bonchev–Trinajstić information content (AvgIpc) is 3.07. The van der Waals surface area contributed by atoms with E-state index in [1.165, 1.54) is 4.90 Å². The lowest BCUT2D eigenvalue weighted by Crippen LogP contribution is -2.46. The molecule has 0 aliphatic carbocycles. The van der Waals surface area contributed by atoms with Gasteiger partial charge in [-0.05, 0) is 30.3 Å². The van der Waals surface area contributed by atoms with Gasteiger partial charge in [-0.15, -0.1) is 0 Å². The zero-order valence-corrected chi connectivity index (χ0v) is 18.5. The molecule has 1 heterocycles. The third-order valence-corrected chi connectivity index (χ3v) is 5.78. The molecule has 0 atom stereocenters. The Balaban J connectivity index is 1.50. The normalized spacial score (nSPS) is 15.2. The number of halogens is 1. The van der Waals surface area contributed by atoms with Gasteiger partial charge in [0.05, 0.1) is 11.7 Å². The number of ether oxygens (including phenoxy) is 1. The van der Waals surface area contributed by atoms with Gasteiger partial charge in [-0.2, -0.15) is 0 Å². The van der Waals surface area contributed by atoms with E-state index in [0.29, 0.717) is 23.9 Å². The monoisotopic (exact) mass is 449 g/mol. The minimum atomic E-state index is -1.26. The molecule has 1 N–H and O–H groups in total.